The third-order valence-electron chi connectivity index (χ3n) is 3.65. The number of benzene rings is 3. The Labute approximate surface area is 168 Å². The summed E-state index contributed by atoms with van der Waals surface area (Å²) in [6.07, 6.45) is 0. The van der Waals surface area contributed by atoms with Crippen LogP contribution < -0.4 is 4.18 Å². The summed E-state index contributed by atoms with van der Waals surface area (Å²) < 4.78 is 37.0. The van der Waals surface area contributed by atoms with Gasteiger partial charge >= 0.3 is 0 Å². The first-order valence-corrected chi connectivity index (χ1v) is 10.4. The van der Waals surface area contributed by atoms with Gasteiger partial charge in [-0.05, 0) is 57.2 Å². The summed E-state index contributed by atoms with van der Waals surface area (Å²) in [6, 6.07) is 20.6. The van der Waals surface area contributed by atoms with Crippen LogP contribution in [0.15, 0.2) is 66.7 Å². The van der Waals surface area contributed by atoms with Crippen LogP contribution in [0.25, 0.3) is 10.8 Å². The van der Waals surface area contributed by atoms with Crippen molar-refractivity contribution >= 4 is 43.8 Å². The minimum absolute atomic E-state index is 0.0584. The topological polar surface area (TPSA) is 66.4 Å². The molecular weight excluding hydrogens is 463 g/mol. The lowest BCUT2D eigenvalue weighted by Crippen LogP contribution is -2.10. The largest absolute Gasteiger partial charge is 0.716 e. The van der Waals surface area contributed by atoms with Crippen LogP contribution in [0.2, 0.25) is 0 Å². The van der Waals surface area contributed by atoms with Gasteiger partial charge in [-0.15, -0.1) is 0 Å². The van der Waals surface area contributed by atoms with Gasteiger partial charge in [0.25, 0.3) is 10.4 Å². The Morgan fingerprint density at radius 2 is 1.46 bits per heavy atom. The van der Waals surface area contributed by atoms with Gasteiger partial charge in [0.2, 0.25) is 0 Å². The van der Waals surface area contributed by atoms with Crippen molar-refractivity contribution in [2.45, 2.75) is 26.2 Å². The van der Waals surface area contributed by atoms with Gasteiger partial charge in [-0.3, -0.25) is 0 Å². The Morgan fingerprint density at radius 1 is 0.885 bits per heavy atom. The smallest absolute Gasteiger partial charge is 0.262 e. The first kappa shape index (κ1) is 20.7. The van der Waals surface area contributed by atoms with Crippen LogP contribution in [0.1, 0.15) is 26.3 Å². The van der Waals surface area contributed by atoms with Gasteiger partial charge in [0.05, 0.1) is 0 Å². The molecule has 0 bridgehead atoms. The van der Waals surface area contributed by atoms with E-state index in [-0.39, 0.29) is 11.2 Å². The molecule has 0 radical (unpaired) electrons. The van der Waals surface area contributed by atoms with Crippen molar-refractivity contribution in [1.29, 1.82) is 0 Å². The Morgan fingerprint density at radius 3 is 2.04 bits per heavy atom. The maximum atomic E-state index is 10.5. The highest BCUT2D eigenvalue weighted by Crippen LogP contribution is 2.26. The second-order valence-electron chi connectivity index (χ2n) is 6.73. The number of halogens is 1. The Bertz CT molecular complexity index is 969. The number of hydrogen-bond acceptors (Lipinski definition) is 4. The van der Waals surface area contributed by atoms with E-state index in [0.717, 1.165) is 5.39 Å². The average Bonchev–Trinajstić information content (AvgIpc) is 2.54. The molecule has 0 aromatic heterocycles. The molecule has 0 unspecified atom stereocenters. The minimum atomic E-state index is -4.72. The summed E-state index contributed by atoms with van der Waals surface area (Å²) in [5.41, 5.74) is 1.68. The van der Waals surface area contributed by atoms with Gasteiger partial charge in [0.1, 0.15) is 5.75 Å². The summed E-state index contributed by atoms with van der Waals surface area (Å²) in [5.74, 6) is 0.0584. The fourth-order valence-corrected chi connectivity index (χ4v) is 3.05. The van der Waals surface area contributed by atoms with Gasteiger partial charge in [-0.2, -0.15) is 0 Å². The Balaban J connectivity index is 0.000000197. The van der Waals surface area contributed by atoms with Crippen molar-refractivity contribution in [3.8, 4) is 5.75 Å². The van der Waals surface area contributed by atoms with E-state index in [1.54, 1.807) is 30.3 Å². The summed E-state index contributed by atoms with van der Waals surface area (Å²) in [7, 11) is -4.72. The van der Waals surface area contributed by atoms with E-state index in [0.29, 0.717) is 5.39 Å². The second-order valence-corrected chi connectivity index (χ2v) is 8.95. The van der Waals surface area contributed by atoms with E-state index in [4.69, 9.17) is 0 Å². The van der Waals surface area contributed by atoms with Crippen LogP contribution in [0.5, 0.6) is 5.75 Å². The van der Waals surface area contributed by atoms with Gasteiger partial charge in [0, 0.05) is 8.96 Å². The standard InChI is InChI=1S/C10H13I.C10H8O4S/c1-10(2,3)8-4-6-9(11)7-5-8;11-15(12,13)14-10-7-3-5-8-4-1-2-6-9(8)10/h4-7H,1-3H3;1-7H,(H,11,12,13)/p-1. The summed E-state index contributed by atoms with van der Waals surface area (Å²) in [5, 5.41) is 1.41. The van der Waals surface area contributed by atoms with E-state index in [1.807, 2.05) is 6.07 Å². The van der Waals surface area contributed by atoms with E-state index >= 15 is 0 Å². The van der Waals surface area contributed by atoms with Crippen LogP contribution in [0.3, 0.4) is 0 Å². The monoisotopic (exact) mass is 483 g/mol. The number of rotatable bonds is 2. The van der Waals surface area contributed by atoms with Gasteiger partial charge in [-0.25, -0.2) is 8.42 Å². The number of hydrogen-bond donors (Lipinski definition) is 0. The molecule has 3 rings (SSSR count). The lowest BCUT2D eigenvalue weighted by atomic mass is 9.87. The molecule has 138 valence electrons. The fraction of sp³-hybridized carbons (Fsp3) is 0.200. The molecule has 3 aromatic carbocycles. The molecule has 0 heterocycles. The zero-order chi connectivity index (χ0) is 19.4. The van der Waals surface area contributed by atoms with Crippen LogP contribution >= 0.6 is 22.6 Å². The molecule has 0 aliphatic carbocycles. The van der Waals surface area contributed by atoms with E-state index < -0.39 is 10.4 Å². The lowest BCUT2D eigenvalue weighted by Gasteiger charge is -2.18. The Hall–Kier alpha value is -1.64. The summed E-state index contributed by atoms with van der Waals surface area (Å²) >= 11 is 2.32. The molecule has 0 fully saturated rings. The van der Waals surface area contributed by atoms with Crippen LogP contribution in [0.4, 0.5) is 0 Å². The van der Waals surface area contributed by atoms with Crippen LogP contribution in [-0.2, 0) is 15.8 Å². The zero-order valence-electron chi connectivity index (χ0n) is 14.8. The van der Waals surface area contributed by atoms with Crippen LogP contribution in [0, 0.1) is 3.57 Å². The predicted octanol–water partition coefficient (Wildman–Crippen LogP) is 5.27. The molecule has 0 N–H and O–H groups in total. The highest BCUT2D eigenvalue weighted by atomic mass is 127. The molecule has 3 aromatic rings. The summed E-state index contributed by atoms with van der Waals surface area (Å²) in [6.45, 7) is 6.69. The van der Waals surface area contributed by atoms with E-state index in [1.165, 1.54) is 15.2 Å². The molecule has 0 saturated heterocycles. The van der Waals surface area contributed by atoms with Gasteiger partial charge < -0.3 is 8.74 Å². The van der Waals surface area contributed by atoms with E-state index in [9.17, 15) is 13.0 Å². The van der Waals surface area contributed by atoms with Crippen molar-refractivity contribution in [2.75, 3.05) is 0 Å². The lowest BCUT2D eigenvalue weighted by molar-refractivity contribution is 0.374. The molecule has 26 heavy (non-hydrogen) atoms. The van der Waals surface area contributed by atoms with Gasteiger partial charge in [-0.1, -0.05) is 69.3 Å². The minimum Gasteiger partial charge on any atom is -0.716 e. The summed E-state index contributed by atoms with van der Waals surface area (Å²) in [4.78, 5) is 0. The van der Waals surface area contributed by atoms with Crippen molar-refractivity contribution in [1.82, 2.24) is 0 Å². The maximum Gasteiger partial charge on any atom is 0.262 e. The second kappa shape index (κ2) is 8.37. The molecule has 0 aliphatic rings. The molecule has 0 amide bonds. The molecule has 0 saturated carbocycles. The molecule has 0 atom stereocenters. The normalized spacial score (nSPS) is 11.6. The molecule has 0 spiro atoms. The zero-order valence-corrected chi connectivity index (χ0v) is 17.7. The first-order chi connectivity index (χ1) is 12.1. The van der Waals surface area contributed by atoms with Crippen molar-refractivity contribution < 1.29 is 17.2 Å². The van der Waals surface area contributed by atoms with Gasteiger partial charge in [0.15, 0.2) is 0 Å². The van der Waals surface area contributed by atoms with Crippen molar-refractivity contribution in [3.63, 3.8) is 0 Å². The SMILES string of the molecule is CC(C)(C)c1ccc(I)cc1.O=S(=O)([O-])Oc1cccc2ccccc12. The Kier molecular flexibility index (Phi) is 6.65. The average molecular weight is 483 g/mol. The number of fused-ring (bicyclic) bond motifs is 1. The van der Waals surface area contributed by atoms with Crippen molar-refractivity contribution in [2.24, 2.45) is 0 Å². The third-order valence-corrected chi connectivity index (χ3v) is 4.75. The highest BCUT2D eigenvalue weighted by molar-refractivity contribution is 14.1. The highest BCUT2D eigenvalue weighted by Gasteiger charge is 2.12. The first-order valence-electron chi connectivity index (χ1n) is 7.95. The third kappa shape index (κ3) is 6.26. The molecule has 4 nitrogen and oxygen atoms in total. The molecular formula is C20H20IO4S-. The predicted molar refractivity (Wildman–Crippen MR) is 112 cm³/mol. The molecule has 0 aliphatic heterocycles. The van der Waals surface area contributed by atoms with E-state index in [2.05, 4.69) is 71.8 Å². The maximum absolute atomic E-state index is 10.5. The quantitative estimate of drug-likeness (QED) is 0.283. The van der Waals surface area contributed by atoms with Crippen molar-refractivity contribution in [3.05, 3.63) is 75.9 Å². The molecule has 6 heteroatoms. The van der Waals surface area contributed by atoms with Crippen LogP contribution in [-0.4, -0.2) is 13.0 Å². The fourth-order valence-electron chi connectivity index (χ4n) is 2.33.